The first-order valence-electron chi connectivity index (χ1n) is 6.91. The van der Waals surface area contributed by atoms with Gasteiger partial charge in [-0.25, -0.2) is 0 Å². The molecule has 0 unspecified atom stereocenters. The van der Waals surface area contributed by atoms with E-state index in [1.807, 2.05) is 0 Å². The van der Waals surface area contributed by atoms with E-state index in [9.17, 15) is 15.0 Å². The second-order valence-corrected chi connectivity index (χ2v) is 5.31. The highest BCUT2D eigenvalue weighted by molar-refractivity contribution is 5.98. The van der Waals surface area contributed by atoms with Gasteiger partial charge in [0.25, 0.3) is 5.91 Å². The SMILES string of the molecule is COc1cccc(C(=O)NC2(CO)CCCCC2)c1O. The van der Waals surface area contributed by atoms with Crippen molar-refractivity contribution in [2.75, 3.05) is 13.7 Å². The maximum atomic E-state index is 12.3. The van der Waals surface area contributed by atoms with Crippen molar-refractivity contribution >= 4 is 5.91 Å². The van der Waals surface area contributed by atoms with Crippen LogP contribution in [0, 0.1) is 0 Å². The Balaban J connectivity index is 2.19. The number of phenolic OH excluding ortho intramolecular Hbond substituents is 1. The number of carbonyl (C=O) groups is 1. The molecule has 3 N–H and O–H groups in total. The van der Waals surface area contributed by atoms with E-state index < -0.39 is 5.54 Å². The van der Waals surface area contributed by atoms with Crippen LogP contribution in [0.5, 0.6) is 11.5 Å². The smallest absolute Gasteiger partial charge is 0.255 e. The molecule has 1 aromatic carbocycles. The van der Waals surface area contributed by atoms with Crippen molar-refractivity contribution in [2.45, 2.75) is 37.6 Å². The van der Waals surface area contributed by atoms with Crippen LogP contribution in [0.1, 0.15) is 42.5 Å². The van der Waals surface area contributed by atoms with Gasteiger partial charge in [-0.3, -0.25) is 4.79 Å². The standard InChI is InChI=1S/C15H21NO4/c1-20-12-7-5-6-11(13(12)18)14(19)16-15(10-17)8-3-2-4-9-15/h5-7,17-18H,2-4,8-10H2,1H3,(H,16,19). The number of aromatic hydroxyl groups is 1. The van der Waals surface area contributed by atoms with Gasteiger partial charge in [-0.05, 0) is 25.0 Å². The average Bonchev–Trinajstić information content (AvgIpc) is 2.48. The Kier molecular flexibility index (Phi) is 4.49. The largest absolute Gasteiger partial charge is 0.504 e. The third kappa shape index (κ3) is 2.88. The number of carbonyl (C=O) groups excluding carboxylic acids is 1. The van der Waals surface area contributed by atoms with Crippen LogP contribution in [0.2, 0.25) is 0 Å². The minimum Gasteiger partial charge on any atom is -0.504 e. The predicted molar refractivity (Wildman–Crippen MR) is 75.0 cm³/mol. The Morgan fingerprint density at radius 1 is 1.35 bits per heavy atom. The van der Waals surface area contributed by atoms with Crippen LogP contribution in [-0.4, -0.2) is 35.4 Å². The molecule has 5 heteroatoms. The Bertz CT molecular complexity index is 481. The van der Waals surface area contributed by atoms with Crippen molar-refractivity contribution in [3.8, 4) is 11.5 Å². The molecule has 110 valence electrons. The van der Waals surface area contributed by atoms with Crippen LogP contribution in [0.25, 0.3) is 0 Å². The monoisotopic (exact) mass is 279 g/mol. The Labute approximate surface area is 118 Å². The molecule has 1 aromatic rings. The maximum absolute atomic E-state index is 12.3. The number of ether oxygens (including phenoxy) is 1. The molecule has 2 rings (SSSR count). The molecule has 0 spiro atoms. The van der Waals surface area contributed by atoms with Crippen molar-refractivity contribution in [2.24, 2.45) is 0 Å². The number of hydrogen-bond acceptors (Lipinski definition) is 4. The fourth-order valence-corrected chi connectivity index (χ4v) is 2.73. The quantitative estimate of drug-likeness (QED) is 0.785. The second-order valence-electron chi connectivity index (χ2n) is 5.31. The number of aliphatic hydroxyl groups is 1. The minimum atomic E-state index is -0.565. The van der Waals surface area contributed by atoms with Gasteiger partial charge in [-0.2, -0.15) is 0 Å². The van der Waals surface area contributed by atoms with Gasteiger partial charge in [-0.15, -0.1) is 0 Å². The number of phenols is 1. The molecule has 0 atom stereocenters. The Morgan fingerprint density at radius 3 is 2.65 bits per heavy atom. The first kappa shape index (κ1) is 14.7. The van der Waals surface area contributed by atoms with Crippen LogP contribution in [-0.2, 0) is 0 Å². The normalized spacial score (nSPS) is 17.5. The van der Waals surface area contributed by atoms with Crippen molar-refractivity contribution in [3.63, 3.8) is 0 Å². The molecular weight excluding hydrogens is 258 g/mol. The highest BCUT2D eigenvalue weighted by atomic mass is 16.5. The zero-order valence-corrected chi connectivity index (χ0v) is 11.7. The predicted octanol–water partition coefficient (Wildman–Crippen LogP) is 1.83. The van der Waals surface area contributed by atoms with Gasteiger partial charge in [0, 0.05) is 0 Å². The molecule has 1 saturated carbocycles. The first-order chi connectivity index (χ1) is 9.62. The van der Waals surface area contributed by atoms with Gasteiger partial charge in [-0.1, -0.05) is 25.3 Å². The van der Waals surface area contributed by atoms with Crippen LogP contribution in [0.4, 0.5) is 0 Å². The number of rotatable bonds is 4. The van der Waals surface area contributed by atoms with Gasteiger partial charge in [0.1, 0.15) is 0 Å². The number of benzene rings is 1. The van der Waals surface area contributed by atoms with E-state index in [2.05, 4.69) is 5.32 Å². The summed E-state index contributed by atoms with van der Waals surface area (Å²) < 4.78 is 5.00. The van der Waals surface area contributed by atoms with E-state index in [1.165, 1.54) is 7.11 Å². The van der Waals surface area contributed by atoms with Gasteiger partial charge in [0.2, 0.25) is 0 Å². The fraction of sp³-hybridized carbons (Fsp3) is 0.533. The summed E-state index contributed by atoms with van der Waals surface area (Å²) in [6.07, 6.45) is 4.64. The second kappa shape index (κ2) is 6.13. The molecule has 1 aliphatic carbocycles. The highest BCUT2D eigenvalue weighted by Gasteiger charge is 2.33. The van der Waals surface area contributed by atoms with Gasteiger partial charge >= 0.3 is 0 Å². The molecule has 0 bridgehead atoms. The number of para-hydroxylation sites is 1. The zero-order valence-electron chi connectivity index (χ0n) is 11.7. The van der Waals surface area contributed by atoms with Crippen LogP contribution >= 0.6 is 0 Å². The minimum absolute atomic E-state index is 0.0799. The molecular formula is C15H21NO4. The zero-order chi connectivity index (χ0) is 14.6. The van der Waals surface area contributed by atoms with E-state index in [0.717, 1.165) is 32.1 Å². The van der Waals surface area contributed by atoms with E-state index in [-0.39, 0.29) is 29.6 Å². The number of amides is 1. The summed E-state index contributed by atoms with van der Waals surface area (Å²) in [6, 6.07) is 4.79. The van der Waals surface area contributed by atoms with Crippen molar-refractivity contribution < 1.29 is 19.7 Å². The summed E-state index contributed by atoms with van der Waals surface area (Å²) in [4.78, 5) is 12.3. The Morgan fingerprint density at radius 2 is 2.05 bits per heavy atom. The van der Waals surface area contributed by atoms with Crippen LogP contribution < -0.4 is 10.1 Å². The Hall–Kier alpha value is -1.75. The molecule has 0 aliphatic heterocycles. The van der Waals surface area contributed by atoms with Crippen molar-refractivity contribution in [3.05, 3.63) is 23.8 Å². The molecule has 1 aliphatic rings. The van der Waals surface area contributed by atoms with E-state index in [4.69, 9.17) is 4.74 Å². The van der Waals surface area contributed by atoms with Crippen LogP contribution in [0.3, 0.4) is 0 Å². The lowest BCUT2D eigenvalue weighted by molar-refractivity contribution is 0.0755. The highest BCUT2D eigenvalue weighted by Crippen LogP contribution is 2.32. The molecule has 0 radical (unpaired) electrons. The fourth-order valence-electron chi connectivity index (χ4n) is 2.73. The lowest BCUT2D eigenvalue weighted by Gasteiger charge is -2.36. The van der Waals surface area contributed by atoms with E-state index >= 15 is 0 Å². The van der Waals surface area contributed by atoms with Crippen LogP contribution in [0.15, 0.2) is 18.2 Å². The number of methoxy groups -OCH3 is 1. The first-order valence-corrected chi connectivity index (χ1v) is 6.91. The van der Waals surface area contributed by atoms with Gasteiger partial charge < -0.3 is 20.3 Å². The lowest BCUT2D eigenvalue weighted by atomic mass is 9.82. The third-order valence-electron chi connectivity index (χ3n) is 3.96. The van der Waals surface area contributed by atoms with Gasteiger partial charge in [0.15, 0.2) is 11.5 Å². The molecule has 0 saturated heterocycles. The molecule has 20 heavy (non-hydrogen) atoms. The average molecular weight is 279 g/mol. The summed E-state index contributed by atoms with van der Waals surface area (Å²) in [5.41, 5.74) is -0.395. The van der Waals surface area contributed by atoms with E-state index in [1.54, 1.807) is 18.2 Å². The third-order valence-corrected chi connectivity index (χ3v) is 3.96. The number of aliphatic hydroxyl groups excluding tert-OH is 1. The molecule has 1 fully saturated rings. The molecule has 0 aromatic heterocycles. The van der Waals surface area contributed by atoms with Gasteiger partial charge in [0.05, 0.1) is 24.8 Å². The summed E-state index contributed by atoms with van der Waals surface area (Å²) >= 11 is 0. The summed E-state index contributed by atoms with van der Waals surface area (Å²) in [6.45, 7) is -0.0799. The summed E-state index contributed by atoms with van der Waals surface area (Å²) in [5, 5.41) is 22.5. The number of hydrogen-bond donors (Lipinski definition) is 3. The number of nitrogens with one attached hydrogen (secondary N) is 1. The molecule has 1 amide bonds. The maximum Gasteiger partial charge on any atom is 0.255 e. The summed E-state index contributed by atoms with van der Waals surface area (Å²) in [7, 11) is 1.44. The molecule has 5 nitrogen and oxygen atoms in total. The van der Waals surface area contributed by atoms with Crippen molar-refractivity contribution in [1.29, 1.82) is 0 Å². The lowest BCUT2D eigenvalue weighted by Crippen LogP contribution is -2.52. The summed E-state index contributed by atoms with van der Waals surface area (Å²) in [5.74, 6) is -0.284. The topological polar surface area (TPSA) is 78.8 Å². The van der Waals surface area contributed by atoms with Crippen molar-refractivity contribution in [1.82, 2.24) is 5.32 Å². The molecule has 0 heterocycles. The van der Waals surface area contributed by atoms with E-state index in [0.29, 0.717) is 0 Å².